The zero-order valence-electron chi connectivity index (χ0n) is 10.2. The second kappa shape index (κ2) is 5.95. The van der Waals surface area contributed by atoms with E-state index in [2.05, 4.69) is 26.2 Å². The molecular formula is C12H11BrCl2N2OS. The lowest BCUT2D eigenvalue weighted by atomic mass is 10.1. The molecule has 19 heavy (non-hydrogen) atoms. The van der Waals surface area contributed by atoms with Crippen LogP contribution >= 0.6 is 50.5 Å². The molecule has 0 spiro atoms. The highest BCUT2D eigenvalue weighted by Crippen LogP contribution is 2.34. The molecule has 1 N–H and O–H groups in total. The van der Waals surface area contributed by atoms with Gasteiger partial charge in [-0.15, -0.1) is 0 Å². The Bertz CT molecular complexity index is 629. The number of thiazole rings is 1. The molecule has 1 aromatic carbocycles. The predicted molar refractivity (Wildman–Crippen MR) is 85.8 cm³/mol. The Balaban J connectivity index is 2.27. The Morgan fingerprint density at radius 3 is 2.74 bits per heavy atom. The molecule has 7 heteroatoms. The number of alkyl halides is 1. The molecule has 1 heterocycles. The van der Waals surface area contributed by atoms with Crippen molar-refractivity contribution in [2.45, 2.75) is 18.7 Å². The summed E-state index contributed by atoms with van der Waals surface area (Å²) < 4.78 is 0.850. The highest BCUT2D eigenvalue weighted by atomic mass is 79.9. The first kappa shape index (κ1) is 15.0. The molecule has 0 saturated carbocycles. The van der Waals surface area contributed by atoms with Crippen LogP contribution in [0, 0.1) is 5.92 Å². The third-order valence-corrected chi connectivity index (χ3v) is 5.38. The molecule has 0 fully saturated rings. The van der Waals surface area contributed by atoms with E-state index in [4.69, 9.17) is 23.2 Å². The van der Waals surface area contributed by atoms with Crippen molar-refractivity contribution in [2.24, 2.45) is 5.92 Å². The molecule has 0 aliphatic heterocycles. The van der Waals surface area contributed by atoms with Crippen LogP contribution in [0.3, 0.4) is 0 Å². The molecule has 3 nitrogen and oxygen atoms in total. The van der Waals surface area contributed by atoms with E-state index in [-0.39, 0.29) is 16.7 Å². The van der Waals surface area contributed by atoms with Crippen LogP contribution in [-0.2, 0) is 4.79 Å². The fraction of sp³-hybridized carbons (Fsp3) is 0.333. The van der Waals surface area contributed by atoms with Gasteiger partial charge in [0.1, 0.15) is 5.52 Å². The summed E-state index contributed by atoms with van der Waals surface area (Å²) in [4.78, 5) is 16.0. The van der Waals surface area contributed by atoms with Gasteiger partial charge in [-0.05, 0) is 18.1 Å². The van der Waals surface area contributed by atoms with Gasteiger partial charge >= 0.3 is 0 Å². The minimum atomic E-state index is -0.251. The lowest BCUT2D eigenvalue weighted by molar-refractivity contribution is -0.116. The molecule has 0 radical (unpaired) electrons. The van der Waals surface area contributed by atoms with Gasteiger partial charge in [0.25, 0.3) is 0 Å². The summed E-state index contributed by atoms with van der Waals surface area (Å²) in [6.45, 7) is 3.93. The average molecular weight is 382 g/mol. The van der Waals surface area contributed by atoms with Crippen molar-refractivity contribution < 1.29 is 4.79 Å². The summed E-state index contributed by atoms with van der Waals surface area (Å²) in [6, 6.07) is 3.42. The Labute approximate surface area is 133 Å². The number of hydrogen-bond donors (Lipinski definition) is 1. The van der Waals surface area contributed by atoms with Crippen LogP contribution in [0.15, 0.2) is 12.1 Å². The van der Waals surface area contributed by atoms with Gasteiger partial charge in [0, 0.05) is 5.02 Å². The van der Waals surface area contributed by atoms with Gasteiger partial charge in [0.15, 0.2) is 5.13 Å². The zero-order chi connectivity index (χ0) is 14.2. The van der Waals surface area contributed by atoms with E-state index in [0.717, 1.165) is 4.70 Å². The molecule has 0 unspecified atom stereocenters. The third-order valence-electron chi connectivity index (χ3n) is 2.48. The van der Waals surface area contributed by atoms with Gasteiger partial charge in [0.05, 0.1) is 14.5 Å². The topological polar surface area (TPSA) is 42.0 Å². The summed E-state index contributed by atoms with van der Waals surface area (Å²) in [5.41, 5.74) is 0.655. The second-order valence-corrected chi connectivity index (χ2v) is 7.25. The molecule has 1 amide bonds. The van der Waals surface area contributed by atoms with Gasteiger partial charge in [-0.3, -0.25) is 4.79 Å². The Kier molecular flexibility index (Phi) is 4.71. The lowest BCUT2D eigenvalue weighted by Gasteiger charge is -2.11. The van der Waals surface area contributed by atoms with E-state index in [9.17, 15) is 4.79 Å². The molecule has 0 saturated heterocycles. The van der Waals surface area contributed by atoms with Crippen molar-refractivity contribution in [1.82, 2.24) is 4.98 Å². The van der Waals surface area contributed by atoms with Gasteiger partial charge < -0.3 is 5.32 Å². The fourth-order valence-electron chi connectivity index (χ4n) is 1.49. The van der Waals surface area contributed by atoms with E-state index in [1.54, 1.807) is 12.1 Å². The number of rotatable bonds is 3. The molecular weight excluding hydrogens is 371 g/mol. The first-order chi connectivity index (χ1) is 8.88. The number of benzene rings is 1. The summed E-state index contributed by atoms with van der Waals surface area (Å²) in [5.74, 6) is 0.0867. The molecule has 0 aliphatic rings. The van der Waals surface area contributed by atoms with Crippen molar-refractivity contribution in [3.63, 3.8) is 0 Å². The zero-order valence-corrected chi connectivity index (χ0v) is 14.1. The van der Waals surface area contributed by atoms with Crippen LogP contribution in [0.5, 0.6) is 0 Å². The molecule has 102 valence electrons. The SMILES string of the molecule is CC(C)[C@H](Br)C(=O)Nc1nc2c(Cl)cc(Cl)cc2s1. The van der Waals surface area contributed by atoms with Gasteiger partial charge in [0.2, 0.25) is 5.91 Å². The number of halogens is 3. The van der Waals surface area contributed by atoms with E-state index in [0.29, 0.717) is 20.7 Å². The van der Waals surface area contributed by atoms with Crippen molar-refractivity contribution in [2.75, 3.05) is 5.32 Å². The quantitative estimate of drug-likeness (QED) is 0.763. The van der Waals surface area contributed by atoms with Crippen LogP contribution in [0.4, 0.5) is 5.13 Å². The maximum atomic E-state index is 11.9. The monoisotopic (exact) mass is 380 g/mol. The Morgan fingerprint density at radius 1 is 1.42 bits per heavy atom. The van der Waals surface area contributed by atoms with E-state index in [1.165, 1.54) is 11.3 Å². The molecule has 2 rings (SSSR count). The second-order valence-electron chi connectivity index (χ2n) is 4.39. The predicted octanol–water partition coefficient (Wildman–Crippen LogP) is 4.96. The Hall–Kier alpha value is -0.360. The van der Waals surface area contributed by atoms with Crippen LogP contribution in [-0.4, -0.2) is 15.7 Å². The number of hydrogen-bond acceptors (Lipinski definition) is 3. The average Bonchev–Trinajstić information content (AvgIpc) is 2.70. The third kappa shape index (κ3) is 3.40. The van der Waals surface area contributed by atoms with E-state index in [1.807, 2.05) is 13.8 Å². The summed E-state index contributed by atoms with van der Waals surface area (Å²) in [5, 5.41) is 4.34. The largest absolute Gasteiger partial charge is 0.301 e. The smallest absolute Gasteiger partial charge is 0.240 e. The number of fused-ring (bicyclic) bond motifs is 1. The van der Waals surface area contributed by atoms with Crippen LogP contribution in [0.1, 0.15) is 13.8 Å². The number of amides is 1. The number of anilines is 1. The van der Waals surface area contributed by atoms with Crippen molar-refractivity contribution in [1.29, 1.82) is 0 Å². The summed E-state index contributed by atoms with van der Waals surface area (Å²) in [7, 11) is 0. The molecule has 1 atom stereocenters. The molecule has 2 aromatic rings. The van der Waals surface area contributed by atoms with Crippen LogP contribution < -0.4 is 5.32 Å². The van der Waals surface area contributed by atoms with Crippen LogP contribution in [0.25, 0.3) is 10.2 Å². The van der Waals surface area contributed by atoms with Crippen molar-refractivity contribution in [3.05, 3.63) is 22.2 Å². The molecule has 0 bridgehead atoms. The lowest BCUT2D eigenvalue weighted by Crippen LogP contribution is -2.26. The normalized spacial score (nSPS) is 12.9. The van der Waals surface area contributed by atoms with Gasteiger partial charge in [-0.25, -0.2) is 4.98 Å². The number of carbonyl (C=O) groups excluding carboxylic acids is 1. The number of aromatic nitrogens is 1. The minimum Gasteiger partial charge on any atom is -0.301 e. The maximum Gasteiger partial charge on any atom is 0.240 e. The fourth-order valence-corrected chi connectivity index (χ4v) is 3.19. The van der Waals surface area contributed by atoms with Crippen molar-refractivity contribution in [3.8, 4) is 0 Å². The number of nitrogens with zero attached hydrogens (tertiary/aromatic N) is 1. The summed E-state index contributed by atoms with van der Waals surface area (Å²) in [6.07, 6.45) is 0. The first-order valence-electron chi connectivity index (χ1n) is 5.59. The number of nitrogens with one attached hydrogen (secondary N) is 1. The Morgan fingerprint density at radius 2 is 2.11 bits per heavy atom. The van der Waals surface area contributed by atoms with E-state index < -0.39 is 0 Å². The highest BCUT2D eigenvalue weighted by Gasteiger charge is 2.20. The molecule has 1 aromatic heterocycles. The standard InChI is InChI=1S/C12H11BrCl2N2OS/c1-5(2)9(13)11(18)17-12-16-10-7(15)3-6(14)4-8(10)19-12/h3-5,9H,1-2H3,(H,16,17,18)/t9-/m0/s1. The van der Waals surface area contributed by atoms with Gasteiger partial charge in [-0.2, -0.15) is 0 Å². The minimum absolute atomic E-state index is 0.115. The van der Waals surface area contributed by atoms with Crippen molar-refractivity contribution >= 4 is 71.7 Å². The maximum absolute atomic E-state index is 11.9. The van der Waals surface area contributed by atoms with E-state index >= 15 is 0 Å². The van der Waals surface area contributed by atoms with Crippen LogP contribution in [0.2, 0.25) is 10.0 Å². The summed E-state index contributed by atoms with van der Waals surface area (Å²) >= 11 is 16.7. The highest BCUT2D eigenvalue weighted by molar-refractivity contribution is 9.10. The molecule has 0 aliphatic carbocycles. The number of carbonyl (C=O) groups is 1. The van der Waals surface area contributed by atoms with Gasteiger partial charge in [-0.1, -0.05) is 64.3 Å². The first-order valence-corrected chi connectivity index (χ1v) is 8.08.